The molecular weight excluding hydrogens is 588 g/mol. The molecule has 1 atom stereocenters. The standard InChI is InChI=1S/C40H46N2O5/c1-2-3-4-5-12-22-38(43)42(30-32-16-8-6-9-17-32)27-15-28-47-34-25-23-31(24-26-34)29-37(40(45)46)41-36-21-14-13-20-35(36)39(44)33-18-10-7-11-19-33/h6-11,13-14,16-21,23-26,37,41H,2-5,12,15,22,27-30H2,1H3,(H,45,46)/t37-/m0/s1. The van der Waals surface area contributed by atoms with Crippen LogP contribution in [0.2, 0.25) is 0 Å². The van der Waals surface area contributed by atoms with Gasteiger partial charge in [0.15, 0.2) is 5.78 Å². The molecule has 4 aromatic rings. The highest BCUT2D eigenvalue weighted by Crippen LogP contribution is 2.22. The van der Waals surface area contributed by atoms with Gasteiger partial charge in [0.05, 0.1) is 6.61 Å². The molecule has 0 saturated heterocycles. The van der Waals surface area contributed by atoms with Crippen molar-refractivity contribution < 1.29 is 24.2 Å². The fraction of sp³-hybridized carbons (Fsp3) is 0.325. The van der Waals surface area contributed by atoms with E-state index in [1.165, 1.54) is 19.3 Å². The molecule has 0 heterocycles. The topological polar surface area (TPSA) is 95.9 Å². The van der Waals surface area contributed by atoms with Crippen molar-refractivity contribution in [3.63, 3.8) is 0 Å². The summed E-state index contributed by atoms with van der Waals surface area (Å²) in [6.45, 7) is 3.85. The number of carbonyl (C=O) groups is 3. The maximum absolute atomic E-state index is 13.1. The number of amides is 1. The molecule has 0 radical (unpaired) electrons. The Morgan fingerprint density at radius 2 is 1.40 bits per heavy atom. The zero-order chi connectivity index (χ0) is 33.3. The van der Waals surface area contributed by atoms with Crippen LogP contribution in [-0.2, 0) is 22.6 Å². The van der Waals surface area contributed by atoms with Crippen LogP contribution in [0.25, 0.3) is 0 Å². The molecule has 47 heavy (non-hydrogen) atoms. The van der Waals surface area contributed by atoms with E-state index in [4.69, 9.17) is 4.74 Å². The molecule has 2 N–H and O–H groups in total. The molecule has 0 aromatic heterocycles. The summed E-state index contributed by atoms with van der Waals surface area (Å²) in [5.41, 5.74) is 3.37. The van der Waals surface area contributed by atoms with E-state index in [1.54, 1.807) is 48.5 Å². The molecule has 246 valence electrons. The van der Waals surface area contributed by atoms with Gasteiger partial charge in [-0.25, -0.2) is 4.79 Å². The SMILES string of the molecule is CCCCCCCC(=O)N(CCCOc1ccc(C[C@H](Nc2ccccc2C(=O)c2ccccc2)C(=O)O)cc1)Cc1ccccc1. The maximum Gasteiger partial charge on any atom is 0.326 e. The number of carboxylic acid groups (broad SMARTS) is 1. The predicted octanol–water partition coefficient (Wildman–Crippen LogP) is 8.18. The Balaban J connectivity index is 1.29. The summed E-state index contributed by atoms with van der Waals surface area (Å²) in [6.07, 6.45) is 7.06. The van der Waals surface area contributed by atoms with Gasteiger partial charge < -0.3 is 20.1 Å². The minimum absolute atomic E-state index is 0.172. The highest BCUT2D eigenvalue weighted by Gasteiger charge is 2.21. The van der Waals surface area contributed by atoms with Crippen molar-refractivity contribution in [1.29, 1.82) is 0 Å². The van der Waals surface area contributed by atoms with Crippen LogP contribution in [-0.4, -0.2) is 46.9 Å². The Kier molecular flexibility index (Phi) is 14.1. The fourth-order valence-electron chi connectivity index (χ4n) is 5.48. The predicted molar refractivity (Wildman–Crippen MR) is 187 cm³/mol. The van der Waals surface area contributed by atoms with Gasteiger partial charge in [0.2, 0.25) is 5.91 Å². The zero-order valence-corrected chi connectivity index (χ0v) is 27.3. The lowest BCUT2D eigenvalue weighted by Gasteiger charge is -2.23. The number of nitrogens with one attached hydrogen (secondary N) is 1. The average Bonchev–Trinajstić information content (AvgIpc) is 3.10. The number of carbonyl (C=O) groups excluding carboxylic acids is 2. The summed E-state index contributed by atoms with van der Waals surface area (Å²) in [6, 6.07) is 32.4. The highest BCUT2D eigenvalue weighted by molar-refractivity contribution is 6.12. The highest BCUT2D eigenvalue weighted by atomic mass is 16.5. The zero-order valence-electron chi connectivity index (χ0n) is 27.3. The molecule has 0 aliphatic rings. The van der Waals surface area contributed by atoms with Crippen LogP contribution >= 0.6 is 0 Å². The Morgan fingerprint density at radius 3 is 2.11 bits per heavy atom. The number of unbranched alkanes of at least 4 members (excludes halogenated alkanes) is 4. The number of ether oxygens (including phenoxy) is 1. The van der Waals surface area contributed by atoms with Gasteiger partial charge in [-0.05, 0) is 48.2 Å². The van der Waals surface area contributed by atoms with Gasteiger partial charge in [-0.2, -0.15) is 0 Å². The van der Waals surface area contributed by atoms with Crippen LogP contribution in [0, 0.1) is 0 Å². The molecule has 0 aliphatic carbocycles. The summed E-state index contributed by atoms with van der Waals surface area (Å²) < 4.78 is 5.99. The number of nitrogens with zero attached hydrogens (tertiary/aromatic N) is 1. The largest absolute Gasteiger partial charge is 0.494 e. The molecule has 0 fully saturated rings. The first-order valence-corrected chi connectivity index (χ1v) is 16.7. The van der Waals surface area contributed by atoms with Gasteiger partial charge in [-0.3, -0.25) is 9.59 Å². The van der Waals surface area contributed by atoms with Gasteiger partial charge in [0.25, 0.3) is 0 Å². The molecule has 0 aliphatic heterocycles. The molecule has 0 unspecified atom stereocenters. The van der Waals surface area contributed by atoms with Crippen molar-refractivity contribution in [1.82, 2.24) is 4.90 Å². The van der Waals surface area contributed by atoms with E-state index in [-0.39, 0.29) is 18.1 Å². The lowest BCUT2D eigenvalue weighted by molar-refractivity contribution is -0.138. The maximum atomic E-state index is 13.1. The second-order valence-corrected chi connectivity index (χ2v) is 11.8. The second-order valence-electron chi connectivity index (χ2n) is 11.8. The van der Waals surface area contributed by atoms with E-state index in [0.29, 0.717) is 55.1 Å². The number of para-hydroxylation sites is 1. The first-order valence-electron chi connectivity index (χ1n) is 16.7. The van der Waals surface area contributed by atoms with E-state index in [9.17, 15) is 19.5 Å². The van der Waals surface area contributed by atoms with E-state index in [2.05, 4.69) is 12.2 Å². The minimum atomic E-state index is -1.01. The van der Waals surface area contributed by atoms with Crippen molar-refractivity contribution in [2.45, 2.75) is 70.9 Å². The number of benzene rings is 4. The molecule has 7 heteroatoms. The first kappa shape index (κ1) is 35.0. The number of rotatable bonds is 20. The lowest BCUT2D eigenvalue weighted by Crippen LogP contribution is -2.32. The van der Waals surface area contributed by atoms with Gasteiger partial charge in [0.1, 0.15) is 11.8 Å². The van der Waals surface area contributed by atoms with Crippen molar-refractivity contribution in [3.05, 3.63) is 131 Å². The van der Waals surface area contributed by atoms with Gasteiger partial charge in [-0.1, -0.05) is 118 Å². The normalized spacial score (nSPS) is 11.4. The molecule has 0 bridgehead atoms. The van der Waals surface area contributed by atoms with Gasteiger partial charge >= 0.3 is 5.97 Å². The number of aliphatic carboxylic acids is 1. The third-order valence-electron chi connectivity index (χ3n) is 8.10. The van der Waals surface area contributed by atoms with Gasteiger partial charge in [0, 0.05) is 42.7 Å². The Hall–Kier alpha value is -4.91. The smallest absolute Gasteiger partial charge is 0.326 e. The summed E-state index contributed by atoms with van der Waals surface area (Å²) in [4.78, 5) is 40.4. The molecule has 4 aromatic carbocycles. The number of hydrogen-bond donors (Lipinski definition) is 2. The van der Waals surface area contributed by atoms with Crippen molar-refractivity contribution >= 4 is 23.3 Å². The first-order chi connectivity index (χ1) is 22.9. The molecular formula is C40H46N2O5. The van der Waals surface area contributed by atoms with Crippen LogP contribution in [0.4, 0.5) is 5.69 Å². The molecule has 4 rings (SSSR count). The molecule has 0 spiro atoms. The Bertz CT molecular complexity index is 1540. The quantitative estimate of drug-likeness (QED) is 0.0752. The summed E-state index contributed by atoms with van der Waals surface area (Å²) >= 11 is 0. The van der Waals surface area contributed by atoms with E-state index < -0.39 is 12.0 Å². The summed E-state index contributed by atoms with van der Waals surface area (Å²) in [5, 5.41) is 13.1. The number of anilines is 1. The summed E-state index contributed by atoms with van der Waals surface area (Å²) in [7, 11) is 0. The molecule has 7 nitrogen and oxygen atoms in total. The third-order valence-corrected chi connectivity index (χ3v) is 8.10. The van der Waals surface area contributed by atoms with E-state index in [0.717, 1.165) is 24.0 Å². The van der Waals surface area contributed by atoms with Crippen LogP contribution < -0.4 is 10.1 Å². The van der Waals surface area contributed by atoms with Gasteiger partial charge in [-0.15, -0.1) is 0 Å². The Labute approximate surface area is 278 Å². The van der Waals surface area contributed by atoms with E-state index >= 15 is 0 Å². The molecule has 0 saturated carbocycles. The van der Waals surface area contributed by atoms with Crippen LogP contribution in [0.15, 0.2) is 109 Å². The van der Waals surface area contributed by atoms with Crippen LogP contribution in [0.5, 0.6) is 5.75 Å². The Morgan fingerprint density at radius 1 is 0.745 bits per heavy atom. The van der Waals surface area contributed by atoms with Crippen LogP contribution in [0.1, 0.15) is 78.9 Å². The third kappa shape index (κ3) is 11.4. The monoisotopic (exact) mass is 634 g/mol. The molecule has 1 amide bonds. The average molecular weight is 635 g/mol. The van der Waals surface area contributed by atoms with Crippen LogP contribution in [0.3, 0.4) is 0 Å². The summed E-state index contributed by atoms with van der Waals surface area (Å²) in [5.74, 6) is -0.315. The fourth-order valence-corrected chi connectivity index (χ4v) is 5.48. The number of carboxylic acids is 1. The number of ketones is 1. The van der Waals surface area contributed by atoms with E-state index in [1.807, 2.05) is 65.6 Å². The minimum Gasteiger partial charge on any atom is -0.494 e. The van der Waals surface area contributed by atoms with Crippen molar-refractivity contribution in [2.75, 3.05) is 18.5 Å². The van der Waals surface area contributed by atoms with Crippen molar-refractivity contribution in [2.24, 2.45) is 0 Å². The lowest BCUT2D eigenvalue weighted by atomic mass is 10.00. The number of hydrogen-bond acceptors (Lipinski definition) is 5. The second kappa shape index (κ2) is 18.9. The van der Waals surface area contributed by atoms with Crippen molar-refractivity contribution in [3.8, 4) is 5.75 Å².